The summed E-state index contributed by atoms with van der Waals surface area (Å²) >= 11 is 0. The Morgan fingerprint density at radius 1 is 1.12 bits per heavy atom. The highest BCUT2D eigenvalue weighted by molar-refractivity contribution is 7.89. The van der Waals surface area contributed by atoms with E-state index in [2.05, 4.69) is 11.8 Å². The van der Waals surface area contributed by atoms with Gasteiger partial charge in [-0.1, -0.05) is 13.0 Å². The first-order chi connectivity index (χ1) is 12.0. The zero-order valence-electron chi connectivity index (χ0n) is 14.9. The van der Waals surface area contributed by atoms with Crippen LogP contribution in [0.15, 0.2) is 29.2 Å². The van der Waals surface area contributed by atoms with Crippen molar-refractivity contribution in [2.24, 2.45) is 11.8 Å². The monoisotopic (exact) mass is 361 g/mol. The molecular weight excluding hydrogens is 334 g/mol. The smallest absolute Gasteiger partial charge is 0.243 e. The molecule has 2 fully saturated rings. The largest absolute Gasteiger partial charge is 0.303 e. The number of hydrogen-bond acceptors (Lipinski definition) is 4. The van der Waals surface area contributed by atoms with Crippen LogP contribution in [0.2, 0.25) is 0 Å². The van der Waals surface area contributed by atoms with E-state index < -0.39 is 10.0 Å². The number of likely N-dealkylation sites (tertiary alicyclic amines) is 1. The molecule has 136 valence electrons. The van der Waals surface area contributed by atoms with Crippen LogP contribution in [0.1, 0.15) is 38.2 Å². The Morgan fingerprint density at radius 3 is 2.44 bits per heavy atom. The molecule has 0 bridgehead atoms. The predicted octanol–water partition coefficient (Wildman–Crippen LogP) is 2.69. The summed E-state index contributed by atoms with van der Waals surface area (Å²) in [5, 5.41) is 8.98. The molecule has 1 aromatic rings. The molecule has 25 heavy (non-hydrogen) atoms. The molecule has 5 nitrogen and oxygen atoms in total. The van der Waals surface area contributed by atoms with Crippen molar-refractivity contribution in [3.05, 3.63) is 29.8 Å². The van der Waals surface area contributed by atoms with Gasteiger partial charge in [-0.2, -0.15) is 9.57 Å². The van der Waals surface area contributed by atoms with E-state index in [1.807, 2.05) is 6.07 Å². The Hall–Kier alpha value is -1.42. The molecule has 0 unspecified atom stereocenters. The Kier molecular flexibility index (Phi) is 5.78. The number of hydrogen-bond donors (Lipinski definition) is 0. The van der Waals surface area contributed by atoms with Crippen LogP contribution in [0, 0.1) is 23.2 Å². The predicted molar refractivity (Wildman–Crippen MR) is 97.5 cm³/mol. The zero-order chi connectivity index (χ0) is 17.9. The van der Waals surface area contributed by atoms with Gasteiger partial charge in [-0.05, 0) is 68.8 Å². The summed E-state index contributed by atoms with van der Waals surface area (Å²) in [6, 6.07) is 8.32. The Bertz CT molecular complexity index is 725. The summed E-state index contributed by atoms with van der Waals surface area (Å²) in [5.74, 6) is 1.43. The minimum Gasteiger partial charge on any atom is -0.303 e. The summed E-state index contributed by atoms with van der Waals surface area (Å²) in [5.41, 5.74) is 0.385. The maximum absolute atomic E-state index is 12.8. The Morgan fingerprint density at radius 2 is 1.80 bits per heavy atom. The molecule has 2 aliphatic heterocycles. The lowest BCUT2D eigenvalue weighted by atomic mass is 9.94. The van der Waals surface area contributed by atoms with Gasteiger partial charge in [-0.3, -0.25) is 0 Å². The van der Waals surface area contributed by atoms with Gasteiger partial charge in [0.15, 0.2) is 0 Å². The third kappa shape index (κ3) is 4.41. The van der Waals surface area contributed by atoms with Crippen LogP contribution in [0.5, 0.6) is 0 Å². The molecular formula is C19H27N3O2S. The summed E-state index contributed by atoms with van der Waals surface area (Å²) in [6.45, 7) is 6.94. The molecule has 2 aliphatic rings. The van der Waals surface area contributed by atoms with Crippen molar-refractivity contribution >= 4 is 10.0 Å². The highest BCUT2D eigenvalue weighted by atomic mass is 32.2. The summed E-state index contributed by atoms with van der Waals surface area (Å²) < 4.78 is 27.2. The Labute approximate surface area is 151 Å². The third-order valence-corrected chi connectivity index (χ3v) is 7.46. The number of piperidine rings is 2. The van der Waals surface area contributed by atoms with Gasteiger partial charge in [0.05, 0.1) is 16.5 Å². The maximum atomic E-state index is 12.8. The average Bonchev–Trinajstić information content (AvgIpc) is 2.64. The molecule has 1 aromatic carbocycles. The minimum absolute atomic E-state index is 0.231. The van der Waals surface area contributed by atoms with Crippen LogP contribution in [-0.2, 0) is 10.0 Å². The van der Waals surface area contributed by atoms with Crippen molar-refractivity contribution in [2.75, 3.05) is 32.7 Å². The van der Waals surface area contributed by atoms with Gasteiger partial charge in [0.2, 0.25) is 10.0 Å². The molecule has 0 aliphatic carbocycles. The van der Waals surface area contributed by atoms with Crippen LogP contribution in [-0.4, -0.2) is 50.3 Å². The first-order valence-electron chi connectivity index (χ1n) is 9.21. The fourth-order valence-corrected chi connectivity index (χ4v) is 5.33. The highest BCUT2D eigenvalue weighted by Crippen LogP contribution is 2.26. The minimum atomic E-state index is -3.49. The fraction of sp³-hybridized carbons (Fsp3) is 0.632. The molecule has 6 heteroatoms. The Balaban J connectivity index is 1.57. The second-order valence-corrected chi connectivity index (χ2v) is 9.41. The van der Waals surface area contributed by atoms with Crippen LogP contribution in [0.3, 0.4) is 0 Å². The van der Waals surface area contributed by atoms with Crippen molar-refractivity contribution in [1.29, 1.82) is 5.26 Å². The van der Waals surface area contributed by atoms with Crippen LogP contribution in [0.4, 0.5) is 0 Å². The van der Waals surface area contributed by atoms with E-state index in [9.17, 15) is 8.42 Å². The van der Waals surface area contributed by atoms with Crippen LogP contribution < -0.4 is 0 Å². The molecule has 2 heterocycles. The number of sulfonamides is 1. The molecule has 0 N–H and O–H groups in total. The van der Waals surface area contributed by atoms with Gasteiger partial charge in [0, 0.05) is 19.6 Å². The van der Waals surface area contributed by atoms with E-state index in [-0.39, 0.29) is 4.90 Å². The number of rotatable bonds is 4. The summed E-state index contributed by atoms with van der Waals surface area (Å²) in [7, 11) is -3.49. The van der Waals surface area contributed by atoms with Gasteiger partial charge in [-0.25, -0.2) is 8.42 Å². The fourth-order valence-electron chi connectivity index (χ4n) is 3.82. The van der Waals surface area contributed by atoms with E-state index in [0.717, 1.165) is 25.3 Å². The summed E-state index contributed by atoms with van der Waals surface area (Å²) in [4.78, 5) is 2.78. The van der Waals surface area contributed by atoms with Crippen molar-refractivity contribution in [1.82, 2.24) is 9.21 Å². The van der Waals surface area contributed by atoms with Gasteiger partial charge in [-0.15, -0.1) is 0 Å². The normalized spacial score (nSPS) is 21.9. The number of nitrogens with zero attached hydrogens (tertiary/aromatic N) is 3. The van der Waals surface area contributed by atoms with Crippen molar-refractivity contribution in [3.63, 3.8) is 0 Å². The van der Waals surface area contributed by atoms with Gasteiger partial charge in [0.1, 0.15) is 0 Å². The first-order valence-corrected chi connectivity index (χ1v) is 10.7. The number of nitriles is 1. The van der Waals surface area contributed by atoms with Crippen LogP contribution in [0.25, 0.3) is 0 Å². The second-order valence-electron chi connectivity index (χ2n) is 7.47. The lowest BCUT2D eigenvalue weighted by Gasteiger charge is -2.36. The van der Waals surface area contributed by atoms with Crippen LogP contribution >= 0.6 is 0 Å². The maximum Gasteiger partial charge on any atom is 0.243 e. The lowest BCUT2D eigenvalue weighted by Crippen LogP contribution is -2.43. The van der Waals surface area contributed by atoms with Gasteiger partial charge >= 0.3 is 0 Å². The zero-order valence-corrected chi connectivity index (χ0v) is 15.7. The SMILES string of the molecule is CC1CCN(CC2CCN(S(=O)(=O)c3cccc(C#N)c3)CC2)CC1. The molecule has 0 aromatic heterocycles. The average molecular weight is 362 g/mol. The molecule has 0 spiro atoms. The topological polar surface area (TPSA) is 64.4 Å². The molecule has 0 atom stereocenters. The number of benzene rings is 1. The van der Waals surface area contributed by atoms with E-state index in [1.165, 1.54) is 32.0 Å². The first kappa shape index (κ1) is 18.4. The summed E-state index contributed by atoms with van der Waals surface area (Å²) in [6.07, 6.45) is 4.40. The third-order valence-electron chi connectivity index (χ3n) is 5.57. The van der Waals surface area contributed by atoms with E-state index in [0.29, 0.717) is 24.6 Å². The lowest BCUT2D eigenvalue weighted by molar-refractivity contribution is 0.142. The molecule has 0 amide bonds. The molecule has 3 rings (SSSR count). The van der Waals surface area contributed by atoms with E-state index in [1.54, 1.807) is 22.5 Å². The van der Waals surface area contributed by atoms with Gasteiger partial charge in [0.25, 0.3) is 0 Å². The standard InChI is InChI=1S/C19H27N3O2S/c1-16-5-9-21(10-6-16)15-17-7-11-22(12-8-17)25(23,24)19-4-2-3-18(13-19)14-20/h2-4,13,16-17H,5-12,15H2,1H3. The molecule has 2 saturated heterocycles. The van der Waals surface area contributed by atoms with Crippen molar-refractivity contribution in [3.8, 4) is 6.07 Å². The van der Waals surface area contributed by atoms with Gasteiger partial charge < -0.3 is 4.90 Å². The van der Waals surface area contributed by atoms with E-state index in [4.69, 9.17) is 5.26 Å². The second kappa shape index (κ2) is 7.86. The van der Waals surface area contributed by atoms with Crippen molar-refractivity contribution < 1.29 is 8.42 Å². The molecule has 0 radical (unpaired) electrons. The highest BCUT2D eigenvalue weighted by Gasteiger charge is 2.30. The quantitative estimate of drug-likeness (QED) is 0.827. The van der Waals surface area contributed by atoms with Crippen molar-refractivity contribution in [2.45, 2.75) is 37.5 Å². The molecule has 0 saturated carbocycles. The van der Waals surface area contributed by atoms with E-state index >= 15 is 0 Å².